The standard InChI is InChI=1S/C14H11BrClN/c15-11-5-2-1-4-9(11)14-8-10-12(16)6-3-7-13(10)17-14/h1-7,14,17H,8H2. The molecule has 1 unspecified atom stereocenters. The normalized spacial score (nSPS) is 17.6. The van der Waals surface area contributed by atoms with Gasteiger partial charge in [0.25, 0.3) is 0 Å². The lowest BCUT2D eigenvalue weighted by Gasteiger charge is -2.13. The van der Waals surface area contributed by atoms with Crippen molar-refractivity contribution in [3.63, 3.8) is 0 Å². The van der Waals surface area contributed by atoms with E-state index in [1.807, 2.05) is 18.2 Å². The molecule has 86 valence electrons. The van der Waals surface area contributed by atoms with Crippen LogP contribution in [0.15, 0.2) is 46.9 Å². The van der Waals surface area contributed by atoms with Crippen LogP contribution in [0.25, 0.3) is 0 Å². The Labute approximate surface area is 114 Å². The van der Waals surface area contributed by atoms with Crippen LogP contribution < -0.4 is 5.32 Å². The molecule has 0 saturated heterocycles. The fourth-order valence-electron chi connectivity index (χ4n) is 2.29. The Morgan fingerprint density at radius 1 is 1.12 bits per heavy atom. The van der Waals surface area contributed by atoms with Gasteiger partial charge in [0.1, 0.15) is 0 Å². The second kappa shape index (κ2) is 4.35. The summed E-state index contributed by atoms with van der Waals surface area (Å²) in [5, 5.41) is 4.37. The van der Waals surface area contributed by atoms with Crippen LogP contribution in [-0.4, -0.2) is 0 Å². The van der Waals surface area contributed by atoms with Crippen LogP contribution in [0.1, 0.15) is 17.2 Å². The minimum atomic E-state index is 0.306. The minimum Gasteiger partial charge on any atom is -0.378 e. The van der Waals surface area contributed by atoms with Gasteiger partial charge in [-0.25, -0.2) is 0 Å². The SMILES string of the molecule is Clc1cccc2c1CC(c1ccccc1Br)N2. The molecule has 3 heteroatoms. The lowest BCUT2D eigenvalue weighted by molar-refractivity contribution is 0.819. The summed E-state index contributed by atoms with van der Waals surface area (Å²) in [6, 6.07) is 14.6. The monoisotopic (exact) mass is 307 g/mol. The Hall–Kier alpha value is -0.990. The van der Waals surface area contributed by atoms with Gasteiger partial charge in [0, 0.05) is 21.6 Å². The number of benzene rings is 2. The summed E-state index contributed by atoms with van der Waals surface area (Å²) in [5.41, 5.74) is 3.65. The Kier molecular flexibility index (Phi) is 2.85. The molecule has 17 heavy (non-hydrogen) atoms. The molecule has 0 aromatic heterocycles. The maximum Gasteiger partial charge on any atom is 0.0566 e. The molecule has 2 aromatic carbocycles. The largest absolute Gasteiger partial charge is 0.378 e. The third-order valence-corrected chi connectivity index (χ3v) is 4.21. The topological polar surface area (TPSA) is 12.0 Å². The highest BCUT2D eigenvalue weighted by atomic mass is 79.9. The summed E-state index contributed by atoms with van der Waals surface area (Å²) in [6.45, 7) is 0. The van der Waals surface area contributed by atoms with E-state index in [-0.39, 0.29) is 0 Å². The Morgan fingerprint density at radius 3 is 2.71 bits per heavy atom. The number of hydrogen-bond donors (Lipinski definition) is 1. The highest BCUT2D eigenvalue weighted by Crippen LogP contribution is 2.39. The summed E-state index contributed by atoms with van der Waals surface area (Å²) >= 11 is 9.81. The van der Waals surface area contributed by atoms with E-state index in [9.17, 15) is 0 Å². The van der Waals surface area contributed by atoms with Gasteiger partial charge in [0.05, 0.1) is 6.04 Å². The Balaban J connectivity index is 1.97. The fraction of sp³-hybridized carbons (Fsp3) is 0.143. The highest BCUT2D eigenvalue weighted by Gasteiger charge is 2.24. The molecule has 1 atom stereocenters. The van der Waals surface area contributed by atoms with Crippen LogP contribution >= 0.6 is 27.5 Å². The van der Waals surface area contributed by atoms with E-state index in [4.69, 9.17) is 11.6 Å². The first kappa shape index (κ1) is 11.1. The number of anilines is 1. The predicted molar refractivity (Wildman–Crippen MR) is 75.7 cm³/mol. The molecule has 0 radical (unpaired) electrons. The van der Waals surface area contributed by atoms with Crippen molar-refractivity contribution in [3.05, 3.63) is 63.1 Å². The van der Waals surface area contributed by atoms with Crippen molar-refractivity contribution in [3.8, 4) is 0 Å². The maximum atomic E-state index is 6.21. The van der Waals surface area contributed by atoms with Gasteiger partial charge in [0.2, 0.25) is 0 Å². The minimum absolute atomic E-state index is 0.306. The number of hydrogen-bond acceptors (Lipinski definition) is 1. The smallest absolute Gasteiger partial charge is 0.0566 e. The second-order valence-electron chi connectivity index (χ2n) is 4.19. The second-order valence-corrected chi connectivity index (χ2v) is 5.45. The van der Waals surface area contributed by atoms with Crippen molar-refractivity contribution in [2.75, 3.05) is 5.32 Å². The van der Waals surface area contributed by atoms with Crippen LogP contribution in [-0.2, 0) is 6.42 Å². The third-order valence-electron chi connectivity index (χ3n) is 3.14. The first-order chi connectivity index (χ1) is 8.25. The quantitative estimate of drug-likeness (QED) is 0.797. The van der Waals surface area contributed by atoms with Crippen molar-refractivity contribution in [2.45, 2.75) is 12.5 Å². The fourth-order valence-corrected chi connectivity index (χ4v) is 3.10. The lowest BCUT2D eigenvalue weighted by atomic mass is 10.0. The molecule has 0 bridgehead atoms. The average Bonchev–Trinajstić information content (AvgIpc) is 2.75. The van der Waals surface area contributed by atoms with E-state index >= 15 is 0 Å². The first-order valence-electron chi connectivity index (χ1n) is 5.54. The van der Waals surface area contributed by atoms with Gasteiger partial charge in [-0.3, -0.25) is 0 Å². The molecule has 0 spiro atoms. The molecule has 0 amide bonds. The average molecular weight is 309 g/mol. The molecule has 2 aromatic rings. The van der Waals surface area contributed by atoms with Crippen LogP contribution in [0.5, 0.6) is 0 Å². The van der Waals surface area contributed by atoms with Crippen molar-refractivity contribution >= 4 is 33.2 Å². The van der Waals surface area contributed by atoms with E-state index in [2.05, 4.69) is 45.5 Å². The zero-order valence-corrected chi connectivity index (χ0v) is 11.4. The summed E-state index contributed by atoms with van der Waals surface area (Å²) in [7, 11) is 0. The molecule has 3 rings (SSSR count). The highest BCUT2D eigenvalue weighted by molar-refractivity contribution is 9.10. The van der Waals surface area contributed by atoms with E-state index in [0.717, 1.165) is 21.6 Å². The number of nitrogens with one attached hydrogen (secondary N) is 1. The summed E-state index contributed by atoms with van der Waals surface area (Å²) in [6.07, 6.45) is 0.942. The molecule has 0 fully saturated rings. The zero-order valence-electron chi connectivity index (χ0n) is 9.08. The van der Waals surface area contributed by atoms with Gasteiger partial charge in [0.15, 0.2) is 0 Å². The zero-order chi connectivity index (χ0) is 11.8. The van der Waals surface area contributed by atoms with Gasteiger partial charge in [-0.05, 0) is 29.3 Å². The van der Waals surface area contributed by atoms with Crippen LogP contribution in [0, 0.1) is 0 Å². The van der Waals surface area contributed by atoms with Crippen LogP contribution in [0.2, 0.25) is 5.02 Å². The predicted octanol–water partition coefficient (Wildman–Crippen LogP) is 4.81. The lowest BCUT2D eigenvalue weighted by Crippen LogP contribution is -2.06. The molecular weight excluding hydrogens is 298 g/mol. The van der Waals surface area contributed by atoms with Gasteiger partial charge in [-0.1, -0.05) is 51.8 Å². The van der Waals surface area contributed by atoms with E-state index < -0.39 is 0 Å². The van der Waals surface area contributed by atoms with E-state index in [1.54, 1.807) is 0 Å². The number of fused-ring (bicyclic) bond motifs is 1. The van der Waals surface area contributed by atoms with E-state index in [1.165, 1.54) is 11.1 Å². The van der Waals surface area contributed by atoms with Crippen molar-refractivity contribution < 1.29 is 0 Å². The van der Waals surface area contributed by atoms with Crippen molar-refractivity contribution in [1.82, 2.24) is 0 Å². The van der Waals surface area contributed by atoms with Crippen LogP contribution in [0.4, 0.5) is 5.69 Å². The van der Waals surface area contributed by atoms with Gasteiger partial charge >= 0.3 is 0 Å². The maximum absolute atomic E-state index is 6.21. The van der Waals surface area contributed by atoms with Gasteiger partial charge in [-0.2, -0.15) is 0 Å². The number of rotatable bonds is 1. The first-order valence-corrected chi connectivity index (χ1v) is 6.71. The molecule has 0 saturated carbocycles. The van der Waals surface area contributed by atoms with Crippen molar-refractivity contribution in [2.24, 2.45) is 0 Å². The van der Waals surface area contributed by atoms with Gasteiger partial charge < -0.3 is 5.32 Å². The van der Waals surface area contributed by atoms with Crippen LogP contribution in [0.3, 0.4) is 0 Å². The molecule has 0 aliphatic carbocycles. The molecule has 1 aliphatic heterocycles. The van der Waals surface area contributed by atoms with E-state index in [0.29, 0.717) is 6.04 Å². The van der Waals surface area contributed by atoms with Gasteiger partial charge in [-0.15, -0.1) is 0 Å². The Morgan fingerprint density at radius 2 is 1.94 bits per heavy atom. The molecule has 1 nitrogen and oxygen atoms in total. The molecule has 1 aliphatic rings. The molecular formula is C14H11BrClN. The third kappa shape index (κ3) is 1.96. The Bertz CT molecular complexity index is 568. The molecule has 1 N–H and O–H groups in total. The van der Waals surface area contributed by atoms with Crippen molar-refractivity contribution in [1.29, 1.82) is 0 Å². The molecule has 1 heterocycles. The summed E-state index contributed by atoms with van der Waals surface area (Å²) in [5.74, 6) is 0. The number of halogens is 2. The summed E-state index contributed by atoms with van der Waals surface area (Å²) < 4.78 is 1.14. The summed E-state index contributed by atoms with van der Waals surface area (Å²) in [4.78, 5) is 0.